The SMILES string of the molecule is O=C(O)CCc1ccccc1N1CCC(C2COCCO2)CC1. The summed E-state index contributed by atoms with van der Waals surface area (Å²) < 4.78 is 11.4. The summed E-state index contributed by atoms with van der Waals surface area (Å²) in [5.74, 6) is -0.175. The monoisotopic (exact) mass is 319 g/mol. The molecule has 1 aromatic carbocycles. The van der Waals surface area contributed by atoms with Gasteiger partial charge in [0.15, 0.2) is 0 Å². The fraction of sp³-hybridized carbons (Fsp3) is 0.611. The molecule has 23 heavy (non-hydrogen) atoms. The third kappa shape index (κ3) is 4.24. The van der Waals surface area contributed by atoms with Gasteiger partial charge in [-0.05, 0) is 36.8 Å². The number of carbonyl (C=O) groups is 1. The summed E-state index contributed by atoms with van der Waals surface area (Å²) in [6, 6.07) is 8.17. The van der Waals surface area contributed by atoms with E-state index < -0.39 is 5.97 Å². The van der Waals surface area contributed by atoms with Gasteiger partial charge in [0.2, 0.25) is 0 Å². The number of hydrogen-bond acceptors (Lipinski definition) is 4. The predicted octanol–water partition coefficient (Wildman–Crippen LogP) is 2.34. The summed E-state index contributed by atoms with van der Waals surface area (Å²) in [6.07, 6.45) is 3.21. The zero-order valence-electron chi connectivity index (χ0n) is 13.4. The van der Waals surface area contributed by atoms with Crippen molar-refractivity contribution in [3.63, 3.8) is 0 Å². The van der Waals surface area contributed by atoms with Gasteiger partial charge in [0.25, 0.3) is 0 Å². The maximum absolute atomic E-state index is 10.8. The van der Waals surface area contributed by atoms with Crippen LogP contribution in [0.3, 0.4) is 0 Å². The second-order valence-electron chi connectivity index (χ2n) is 6.33. The smallest absolute Gasteiger partial charge is 0.303 e. The van der Waals surface area contributed by atoms with E-state index in [2.05, 4.69) is 11.0 Å². The van der Waals surface area contributed by atoms with Gasteiger partial charge in [-0.3, -0.25) is 4.79 Å². The number of benzene rings is 1. The van der Waals surface area contributed by atoms with Crippen molar-refractivity contribution in [3.8, 4) is 0 Å². The highest BCUT2D eigenvalue weighted by molar-refractivity contribution is 5.68. The van der Waals surface area contributed by atoms with E-state index in [1.807, 2.05) is 18.2 Å². The molecule has 1 unspecified atom stereocenters. The first-order valence-electron chi connectivity index (χ1n) is 8.48. The quantitative estimate of drug-likeness (QED) is 0.903. The Balaban J connectivity index is 1.59. The number of aryl methyl sites for hydroxylation is 1. The number of piperidine rings is 1. The van der Waals surface area contributed by atoms with Gasteiger partial charge in [0.1, 0.15) is 0 Å². The summed E-state index contributed by atoms with van der Waals surface area (Å²) in [5.41, 5.74) is 2.32. The molecule has 0 aliphatic carbocycles. The molecule has 0 amide bonds. The van der Waals surface area contributed by atoms with Crippen LogP contribution in [-0.2, 0) is 20.7 Å². The lowest BCUT2D eigenvalue weighted by atomic mass is 9.90. The molecule has 2 aliphatic heterocycles. The number of hydrogen-bond donors (Lipinski definition) is 1. The predicted molar refractivity (Wildman–Crippen MR) is 87.9 cm³/mol. The van der Waals surface area contributed by atoms with Crippen molar-refractivity contribution in [1.82, 2.24) is 0 Å². The molecule has 5 nitrogen and oxygen atoms in total. The Kier molecular flexibility index (Phi) is 5.51. The lowest BCUT2D eigenvalue weighted by molar-refractivity contribution is -0.136. The van der Waals surface area contributed by atoms with E-state index in [0.717, 1.165) is 38.1 Å². The number of carboxylic acids is 1. The summed E-state index contributed by atoms with van der Waals surface area (Å²) >= 11 is 0. The molecule has 0 aromatic heterocycles. The molecule has 1 N–H and O–H groups in total. The van der Waals surface area contributed by atoms with E-state index in [9.17, 15) is 4.79 Å². The van der Waals surface area contributed by atoms with E-state index >= 15 is 0 Å². The van der Waals surface area contributed by atoms with Gasteiger partial charge in [-0.2, -0.15) is 0 Å². The number of nitrogens with zero attached hydrogens (tertiary/aromatic N) is 1. The molecule has 126 valence electrons. The first-order valence-corrected chi connectivity index (χ1v) is 8.48. The van der Waals surface area contributed by atoms with Crippen molar-refractivity contribution < 1.29 is 19.4 Å². The van der Waals surface area contributed by atoms with Gasteiger partial charge in [0.05, 0.1) is 25.9 Å². The molecule has 0 spiro atoms. The van der Waals surface area contributed by atoms with Gasteiger partial charge in [-0.15, -0.1) is 0 Å². The Labute approximate surface area is 137 Å². The highest BCUT2D eigenvalue weighted by Gasteiger charge is 2.29. The highest BCUT2D eigenvalue weighted by Crippen LogP contribution is 2.30. The number of rotatable bonds is 5. The van der Waals surface area contributed by atoms with Gasteiger partial charge < -0.3 is 19.5 Å². The number of para-hydroxylation sites is 1. The van der Waals surface area contributed by atoms with Gasteiger partial charge >= 0.3 is 5.97 Å². The minimum atomic E-state index is -0.743. The van der Waals surface area contributed by atoms with Crippen molar-refractivity contribution in [2.75, 3.05) is 37.8 Å². The van der Waals surface area contributed by atoms with Crippen molar-refractivity contribution in [1.29, 1.82) is 0 Å². The fourth-order valence-electron chi connectivity index (χ4n) is 3.56. The first kappa shape index (κ1) is 16.3. The normalized spacial score (nSPS) is 23.0. The molecule has 3 rings (SSSR count). The number of aliphatic carboxylic acids is 1. The Hall–Kier alpha value is -1.59. The zero-order valence-corrected chi connectivity index (χ0v) is 13.4. The topological polar surface area (TPSA) is 59.0 Å². The molecule has 2 saturated heterocycles. The molecule has 2 heterocycles. The zero-order chi connectivity index (χ0) is 16.1. The van der Waals surface area contributed by atoms with E-state index in [0.29, 0.717) is 25.6 Å². The lowest BCUT2D eigenvalue weighted by Crippen LogP contribution is -2.42. The standard InChI is InChI=1S/C18H25NO4/c20-18(21)6-5-14-3-1-2-4-16(14)19-9-7-15(8-10-19)17-13-22-11-12-23-17/h1-4,15,17H,5-13H2,(H,20,21). The van der Waals surface area contributed by atoms with E-state index in [1.165, 1.54) is 5.69 Å². The Morgan fingerprint density at radius 3 is 2.70 bits per heavy atom. The minimum absolute atomic E-state index is 0.181. The van der Waals surface area contributed by atoms with Gasteiger partial charge in [-0.25, -0.2) is 0 Å². The molecule has 2 fully saturated rings. The van der Waals surface area contributed by atoms with Crippen LogP contribution in [0.4, 0.5) is 5.69 Å². The van der Waals surface area contributed by atoms with Crippen LogP contribution in [0.5, 0.6) is 0 Å². The molecule has 2 aliphatic rings. The van der Waals surface area contributed by atoms with E-state index in [-0.39, 0.29) is 12.5 Å². The number of anilines is 1. The summed E-state index contributed by atoms with van der Waals surface area (Å²) in [5, 5.41) is 8.92. The van der Waals surface area contributed by atoms with Crippen LogP contribution in [0, 0.1) is 5.92 Å². The molecule has 0 radical (unpaired) electrons. The van der Waals surface area contributed by atoms with Crippen molar-refractivity contribution in [3.05, 3.63) is 29.8 Å². The molecular weight excluding hydrogens is 294 g/mol. The van der Waals surface area contributed by atoms with Crippen LogP contribution in [0.1, 0.15) is 24.8 Å². The minimum Gasteiger partial charge on any atom is -0.481 e. The summed E-state index contributed by atoms with van der Waals surface area (Å²) in [6.45, 7) is 4.14. The maximum Gasteiger partial charge on any atom is 0.303 e. The average Bonchev–Trinajstić information content (AvgIpc) is 2.61. The lowest BCUT2D eigenvalue weighted by Gasteiger charge is -2.38. The molecule has 1 atom stereocenters. The van der Waals surface area contributed by atoms with Gasteiger partial charge in [-0.1, -0.05) is 18.2 Å². The molecular formula is C18H25NO4. The average molecular weight is 319 g/mol. The van der Waals surface area contributed by atoms with Crippen LogP contribution in [0.2, 0.25) is 0 Å². The molecule has 0 bridgehead atoms. The maximum atomic E-state index is 10.8. The van der Waals surface area contributed by atoms with Crippen molar-refractivity contribution in [2.45, 2.75) is 31.8 Å². The second kappa shape index (κ2) is 7.79. The highest BCUT2D eigenvalue weighted by atomic mass is 16.6. The van der Waals surface area contributed by atoms with E-state index in [1.54, 1.807) is 0 Å². The fourth-order valence-corrected chi connectivity index (χ4v) is 3.56. The molecule has 0 saturated carbocycles. The third-order valence-corrected chi connectivity index (χ3v) is 4.85. The first-order chi connectivity index (χ1) is 11.2. The Bertz CT molecular complexity index is 520. The summed E-state index contributed by atoms with van der Waals surface area (Å²) in [4.78, 5) is 13.2. The van der Waals surface area contributed by atoms with Crippen molar-refractivity contribution >= 4 is 11.7 Å². The van der Waals surface area contributed by atoms with Crippen LogP contribution < -0.4 is 4.90 Å². The van der Waals surface area contributed by atoms with Gasteiger partial charge in [0, 0.05) is 25.2 Å². The van der Waals surface area contributed by atoms with Crippen LogP contribution in [0.25, 0.3) is 0 Å². The third-order valence-electron chi connectivity index (χ3n) is 4.85. The largest absolute Gasteiger partial charge is 0.481 e. The van der Waals surface area contributed by atoms with Crippen LogP contribution >= 0.6 is 0 Å². The summed E-state index contributed by atoms with van der Waals surface area (Å²) in [7, 11) is 0. The van der Waals surface area contributed by atoms with E-state index in [4.69, 9.17) is 14.6 Å². The van der Waals surface area contributed by atoms with Crippen molar-refractivity contribution in [2.24, 2.45) is 5.92 Å². The number of ether oxygens (including phenoxy) is 2. The van der Waals surface area contributed by atoms with Crippen LogP contribution in [0.15, 0.2) is 24.3 Å². The second-order valence-corrected chi connectivity index (χ2v) is 6.33. The number of carboxylic acid groups (broad SMARTS) is 1. The van der Waals surface area contributed by atoms with Crippen LogP contribution in [-0.4, -0.2) is 50.1 Å². The Morgan fingerprint density at radius 1 is 1.22 bits per heavy atom. The molecule has 5 heteroatoms. The molecule has 1 aromatic rings. The Morgan fingerprint density at radius 2 is 2.00 bits per heavy atom.